The molecule has 0 spiro atoms. The van der Waals surface area contributed by atoms with Gasteiger partial charge in [0.25, 0.3) is 0 Å². The quantitative estimate of drug-likeness (QED) is 0.665. The van der Waals surface area contributed by atoms with E-state index in [1.807, 2.05) is 0 Å². The van der Waals surface area contributed by atoms with E-state index in [1.165, 1.54) is 16.7 Å². The molecule has 2 heterocycles. The summed E-state index contributed by atoms with van der Waals surface area (Å²) in [5, 5.41) is 9.24. The van der Waals surface area contributed by atoms with Crippen LogP contribution >= 0.6 is 0 Å². The summed E-state index contributed by atoms with van der Waals surface area (Å²) in [4.78, 5) is 0.236. The molecule has 0 atom stereocenters. The van der Waals surface area contributed by atoms with E-state index in [0.29, 0.717) is 26.2 Å². The topological polar surface area (TPSA) is 78.1 Å². The van der Waals surface area contributed by atoms with Crippen LogP contribution in [0.25, 0.3) is 0 Å². The molecule has 0 bridgehead atoms. The minimum Gasteiger partial charge on any atom is -0.314 e. The van der Waals surface area contributed by atoms with Gasteiger partial charge in [-0.1, -0.05) is 0 Å². The third kappa shape index (κ3) is 1.66. The Hall–Kier alpha value is -0.920. The van der Waals surface area contributed by atoms with Crippen LogP contribution in [-0.4, -0.2) is 49.1 Å². The molecule has 0 radical (unpaired) electrons. The van der Waals surface area contributed by atoms with Crippen LogP contribution in [0.2, 0.25) is 0 Å². The molecule has 14 heavy (non-hydrogen) atoms. The highest BCUT2D eigenvalue weighted by Crippen LogP contribution is 2.13. The number of piperazine rings is 1. The first-order chi connectivity index (χ1) is 6.71. The lowest BCUT2D eigenvalue weighted by Gasteiger charge is -2.25. The Balaban J connectivity index is 2.23. The number of sulfonamides is 1. The van der Waals surface area contributed by atoms with Crippen molar-refractivity contribution in [3.63, 3.8) is 0 Å². The summed E-state index contributed by atoms with van der Waals surface area (Å²) in [5.41, 5.74) is 0. The fraction of sp³-hybridized carbons (Fsp3) is 0.571. The van der Waals surface area contributed by atoms with Crippen LogP contribution in [0.3, 0.4) is 0 Å². The number of H-pyrrole nitrogens is 1. The average Bonchev–Trinajstić information content (AvgIpc) is 2.72. The lowest BCUT2D eigenvalue weighted by Crippen LogP contribution is -2.46. The molecule has 7 heteroatoms. The van der Waals surface area contributed by atoms with Crippen molar-refractivity contribution < 1.29 is 8.42 Å². The monoisotopic (exact) mass is 216 g/mol. The number of hydrogen-bond donors (Lipinski definition) is 2. The van der Waals surface area contributed by atoms with Gasteiger partial charge in [-0.05, 0) is 0 Å². The van der Waals surface area contributed by atoms with E-state index in [0.717, 1.165) is 0 Å². The SMILES string of the molecule is O=S(=O)(c1cn[nH]c1)N1CCNCC1. The largest absolute Gasteiger partial charge is 0.314 e. The zero-order valence-corrected chi connectivity index (χ0v) is 8.42. The van der Waals surface area contributed by atoms with E-state index in [4.69, 9.17) is 0 Å². The predicted octanol–water partition coefficient (Wildman–Crippen LogP) is -0.996. The smallest absolute Gasteiger partial charge is 0.246 e. The highest BCUT2D eigenvalue weighted by atomic mass is 32.2. The van der Waals surface area contributed by atoms with Gasteiger partial charge in [0.05, 0.1) is 6.20 Å². The van der Waals surface area contributed by atoms with Gasteiger partial charge >= 0.3 is 0 Å². The van der Waals surface area contributed by atoms with Crippen molar-refractivity contribution in [2.45, 2.75) is 4.90 Å². The van der Waals surface area contributed by atoms with Crippen LogP contribution in [0.5, 0.6) is 0 Å². The maximum Gasteiger partial charge on any atom is 0.246 e. The van der Waals surface area contributed by atoms with Crippen molar-refractivity contribution in [2.75, 3.05) is 26.2 Å². The Bertz CT molecular complexity index is 380. The molecule has 0 aromatic carbocycles. The Labute approximate surface area is 82.4 Å². The summed E-state index contributed by atoms with van der Waals surface area (Å²) in [6.45, 7) is 2.45. The normalized spacial score (nSPS) is 19.7. The molecule has 0 aliphatic carbocycles. The molecule has 0 saturated carbocycles. The molecule has 1 fully saturated rings. The Morgan fingerprint density at radius 3 is 2.64 bits per heavy atom. The lowest BCUT2D eigenvalue weighted by atomic mass is 10.4. The first-order valence-electron chi connectivity index (χ1n) is 4.41. The molecule has 1 saturated heterocycles. The van der Waals surface area contributed by atoms with E-state index in [2.05, 4.69) is 15.5 Å². The van der Waals surface area contributed by atoms with Crippen LogP contribution in [0.4, 0.5) is 0 Å². The average molecular weight is 216 g/mol. The molecule has 1 aromatic rings. The zero-order chi connectivity index (χ0) is 10.0. The third-order valence-corrected chi connectivity index (χ3v) is 4.05. The summed E-state index contributed by atoms with van der Waals surface area (Å²) >= 11 is 0. The van der Waals surface area contributed by atoms with E-state index < -0.39 is 10.0 Å². The van der Waals surface area contributed by atoms with Gasteiger partial charge in [-0.2, -0.15) is 9.40 Å². The van der Waals surface area contributed by atoms with Crippen molar-refractivity contribution in [3.8, 4) is 0 Å². The molecule has 0 amide bonds. The number of hydrogen-bond acceptors (Lipinski definition) is 4. The number of nitrogens with zero attached hydrogens (tertiary/aromatic N) is 2. The first-order valence-corrected chi connectivity index (χ1v) is 5.85. The van der Waals surface area contributed by atoms with Gasteiger partial charge in [-0.15, -0.1) is 0 Å². The van der Waals surface area contributed by atoms with Gasteiger partial charge in [0.2, 0.25) is 10.0 Å². The van der Waals surface area contributed by atoms with Gasteiger partial charge in [-0.3, -0.25) is 5.10 Å². The number of rotatable bonds is 2. The van der Waals surface area contributed by atoms with E-state index in [-0.39, 0.29) is 4.90 Å². The van der Waals surface area contributed by atoms with E-state index in [1.54, 1.807) is 0 Å². The Morgan fingerprint density at radius 2 is 2.07 bits per heavy atom. The van der Waals surface area contributed by atoms with Crippen LogP contribution in [0.15, 0.2) is 17.3 Å². The molecular formula is C7H12N4O2S. The number of nitrogens with one attached hydrogen (secondary N) is 2. The molecular weight excluding hydrogens is 204 g/mol. The molecule has 1 aliphatic rings. The second-order valence-corrected chi connectivity index (χ2v) is 5.03. The van der Waals surface area contributed by atoms with Crippen molar-refractivity contribution >= 4 is 10.0 Å². The Morgan fingerprint density at radius 1 is 1.36 bits per heavy atom. The second-order valence-electron chi connectivity index (χ2n) is 3.09. The molecule has 2 rings (SSSR count). The van der Waals surface area contributed by atoms with Crippen LogP contribution in [0, 0.1) is 0 Å². The second kappa shape index (κ2) is 3.68. The van der Waals surface area contributed by atoms with Crippen LogP contribution in [-0.2, 0) is 10.0 Å². The summed E-state index contributed by atoms with van der Waals surface area (Å²) in [5.74, 6) is 0. The van der Waals surface area contributed by atoms with Crippen molar-refractivity contribution in [2.24, 2.45) is 0 Å². The lowest BCUT2D eigenvalue weighted by molar-refractivity contribution is 0.360. The maximum absolute atomic E-state index is 11.9. The molecule has 0 unspecified atom stereocenters. The van der Waals surface area contributed by atoms with Crippen molar-refractivity contribution in [1.29, 1.82) is 0 Å². The molecule has 1 aliphatic heterocycles. The van der Waals surface area contributed by atoms with Gasteiger partial charge < -0.3 is 5.32 Å². The van der Waals surface area contributed by atoms with Gasteiger partial charge in [0.1, 0.15) is 4.90 Å². The summed E-state index contributed by atoms with van der Waals surface area (Å²) in [6, 6.07) is 0. The Kier molecular flexibility index (Phi) is 2.53. The molecule has 1 aromatic heterocycles. The highest BCUT2D eigenvalue weighted by molar-refractivity contribution is 7.89. The number of aromatic amines is 1. The minimum atomic E-state index is -3.32. The maximum atomic E-state index is 11.9. The number of aromatic nitrogens is 2. The molecule has 2 N–H and O–H groups in total. The standard InChI is InChI=1S/C7H12N4O2S/c12-14(13,7-5-9-10-6-7)11-3-1-8-2-4-11/h5-6,8H,1-4H2,(H,9,10). The van der Waals surface area contributed by atoms with Crippen molar-refractivity contribution in [3.05, 3.63) is 12.4 Å². The zero-order valence-electron chi connectivity index (χ0n) is 7.60. The highest BCUT2D eigenvalue weighted by Gasteiger charge is 2.26. The van der Waals surface area contributed by atoms with E-state index >= 15 is 0 Å². The molecule has 6 nitrogen and oxygen atoms in total. The van der Waals surface area contributed by atoms with Gasteiger partial charge in [0.15, 0.2) is 0 Å². The van der Waals surface area contributed by atoms with Crippen LogP contribution < -0.4 is 5.32 Å². The van der Waals surface area contributed by atoms with Crippen LogP contribution in [0.1, 0.15) is 0 Å². The van der Waals surface area contributed by atoms with Crippen molar-refractivity contribution in [1.82, 2.24) is 19.8 Å². The first kappa shape index (κ1) is 9.63. The van der Waals surface area contributed by atoms with Gasteiger partial charge in [0, 0.05) is 32.4 Å². The fourth-order valence-corrected chi connectivity index (χ4v) is 2.76. The van der Waals surface area contributed by atoms with E-state index in [9.17, 15) is 8.42 Å². The fourth-order valence-electron chi connectivity index (χ4n) is 1.41. The summed E-state index contributed by atoms with van der Waals surface area (Å²) < 4.78 is 25.2. The summed E-state index contributed by atoms with van der Waals surface area (Å²) in [7, 11) is -3.32. The van der Waals surface area contributed by atoms with Gasteiger partial charge in [-0.25, -0.2) is 8.42 Å². The molecule has 78 valence electrons. The third-order valence-electron chi connectivity index (χ3n) is 2.19. The predicted molar refractivity (Wildman–Crippen MR) is 50.2 cm³/mol. The minimum absolute atomic E-state index is 0.236. The summed E-state index contributed by atoms with van der Waals surface area (Å²) in [6.07, 6.45) is 2.73.